The number of hydrogen-bond donors (Lipinski definition) is 1. The number of carboxylic acids is 1. The minimum atomic E-state index is -1.31. The van der Waals surface area contributed by atoms with Crippen LogP contribution in [0.5, 0.6) is 0 Å². The molecule has 5 heteroatoms. The first-order chi connectivity index (χ1) is 7.54. The van der Waals surface area contributed by atoms with E-state index >= 15 is 0 Å². The van der Waals surface area contributed by atoms with Crippen LogP contribution in [0.3, 0.4) is 0 Å². The van der Waals surface area contributed by atoms with E-state index in [1.807, 2.05) is 13.8 Å². The zero-order valence-corrected chi connectivity index (χ0v) is 9.93. The van der Waals surface area contributed by atoms with E-state index in [4.69, 9.17) is 5.11 Å². The maximum absolute atomic E-state index is 10.6. The second-order valence-electron chi connectivity index (χ2n) is 2.34. The van der Waals surface area contributed by atoms with Crippen LogP contribution in [0.2, 0.25) is 0 Å². The summed E-state index contributed by atoms with van der Waals surface area (Å²) in [6.45, 7) is 7.13. The van der Waals surface area contributed by atoms with E-state index in [1.165, 1.54) is 19.1 Å². The lowest BCUT2D eigenvalue weighted by atomic mass is 10.2. The summed E-state index contributed by atoms with van der Waals surface area (Å²) in [6.07, 6.45) is 5.35. The first kappa shape index (κ1) is 16.5. The highest BCUT2D eigenvalue weighted by atomic mass is 16.6. The van der Waals surface area contributed by atoms with Crippen molar-refractivity contribution >= 4 is 5.97 Å². The maximum atomic E-state index is 10.6. The van der Waals surface area contributed by atoms with E-state index < -0.39 is 16.6 Å². The summed E-state index contributed by atoms with van der Waals surface area (Å²) in [5.74, 6) is -1.31. The number of rotatable bonds is 4. The third-order valence-electron chi connectivity index (χ3n) is 1.44. The van der Waals surface area contributed by atoms with E-state index in [1.54, 1.807) is 13.0 Å². The Labute approximate surface area is 94.9 Å². The van der Waals surface area contributed by atoms with Gasteiger partial charge in [-0.05, 0) is 13.8 Å². The summed E-state index contributed by atoms with van der Waals surface area (Å²) in [6, 6.07) is 0. The van der Waals surface area contributed by atoms with E-state index in [0.717, 1.165) is 6.08 Å². The smallest absolute Gasteiger partial charge is 0.342 e. The molecule has 90 valence electrons. The summed E-state index contributed by atoms with van der Waals surface area (Å²) >= 11 is 0. The van der Waals surface area contributed by atoms with Gasteiger partial charge in [0.05, 0.1) is 4.92 Å². The summed E-state index contributed by atoms with van der Waals surface area (Å²) in [5.41, 5.74) is -0.730. The molecule has 0 aromatic carbocycles. The second kappa shape index (κ2) is 9.64. The summed E-state index contributed by atoms with van der Waals surface area (Å²) < 4.78 is 0. The minimum absolute atomic E-state index is 0.312. The van der Waals surface area contributed by atoms with Gasteiger partial charge in [-0.3, -0.25) is 10.1 Å². The largest absolute Gasteiger partial charge is 0.477 e. The zero-order valence-electron chi connectivity index (χ0n) is 9.93. The van der Waals surface area contributed by atoms with Gasteiger partial charge in [0.15, 0.2) is 0 Å². The molecule has 0 aromatic heterocycles. The molecule has 0 heterocycles. The van der Waals surface area contributed by atoms with E-state index in [9.17, 15) is 14.9 Å². The maximum Gasteiger partial charge on any atom is 0.342 e. The van der Waals surface area contributed by atoms with Crippen LogP contribution in [0, 0.1) is 10.1 Å². The van der Waals surface area contributed by atoms with Crippen LogP contribution in [-0.2, 0) is 4.79 Å². The van der Waals surface area contributed by atoms with Crippen molar-refractivity contribution in [1.82, 2.24) is 0 Å². The predicted octanol–water partition coefficient (Wildman–Crippen LogP) is 2.78. The van der Waals surface area contributed by atoms with Crippen molar-refractivity contribution in [2.75, 3.05) is 0 Å². The molecule has 1 N–H and O–H groups in total. The first-order valence-corrected chi connectivity index (χ1v) is 4.92. The Kier molecular flexibility index (Phi) is 9.95. The molecule has 0 amide bonds. The van der Waals surface area contributed by atoms with Gasteiger partial charge in [-0.25, -0.2) is 4.79 Å². The van der Waals surface area contributed by atoms with Gasteiger partial charge < -0.3 is 5.11 Å². The molecule has 16 heavy (non-hydrogen) atoms. The van der Waals surface area contributed by atoms with Crippen LogP contribution in [-0.4, -0.2) is 16.0 Å². The monoisotopic (exact) mass is 227 g/mol. The van der Waals surface area contributed by atoms with Gasteiger partial charge in [0.1, 0.15) is 5.57 Å². The third kappa shape index (κ3) is 5.74. The van der Waals surface area contributed by atoms with Gasteiger partial charge in [-0.1, -0.05) is 32.1 Å². The molecule has 0 fully saturated rings. The molecule has 0 spiro atoms. The van der Waals surface area contributed by atoms with Crippen molar-refractivity contribution < 1.29 is 14.8 Å². The second-order valence-corrected chi connectivity index (χ2v) is 2.34. The predicted molar refractivity (Wildman–Crippen MR) is 62.6 cm³/mol. The molecule has 0 aliphatic heterocycles. The minimum Gasteiger partial charge on any atom is -0.477 e. The summed E-state index contributed by atoms with van der Waals surface area (Å²) in [4.78, 5) is 20.4. The van der Waals surface area contributed by atoms with Crippen LogP contribution in [0.4, 0.5) is 0 Å². The Balaban J connectivity index is 0. The number of aliphatic carboxylic acids is 1. The van der Waals surface area contributed by atoms with Gasteiger partial charge in [-0.15, -0.1) is 0 Å². The average Bonchev–Trinajstić information content (AvgIpc) is 2.25. The molecular weight excluding hydrogens is 210 g/mol. The normalized spacial score (nSPS) is 12.0. The first-order valence-electron chi connectivity index (χ1n) is 4.92. The highest BCUT2D eigenvalue weighted by Crippen LogP contribution is 2.11. The fraction of sp³-hybridized carbons (Fsp3) is 0.364. The molecule has 0 unspecified atom stereocenters. The molecule has 0 bridgehead atoms. The number of carboxylic acid groups (broad SMARTS) is 1. The van der Waals surface area contributed by atoms with Gasteiger partial charge in [0.25, 0.3) is 5.70 Å². The lowest BCUT2D eigenvalue weighted by Gasteiger charge is -1.97. The Morgan fingerprint density at radius 2 is 1.81 bits per heavy atom. The Morgan fingerprint density at radius 1 is 1.31 bits per heavy atom. The van der Waals surface area contributed by atoms with Crippen LogP contribution < -0.4 is 0 Å². The SMILES string of the molecule is CC.C\C=C/C=C(\C(=C/C)C(=O)O)[N+](=O)[O-]. The van der Waals surface area contributed by atoms with Crippen molar-refractivity contribution in [2.45, 2.75) is 27.7 Å². The molecule has 0 saturated heterocycles. The Morgan fingerprint density at radius 3 is 2.06 bits per heavy atom. The molecule has 0 aliphatic carbocycles. The Hall–Kier alpha value is -1.91. The van der Waals surface area contributed by atoms with Gasteiger partial charge in [0.2, 0.25) is 0 Å². The van der Waals surface area contributed by atoms with Gasteiger partial charge >= 0.3 is 5.97 Å². The highest BCUT2D eigenvalue weighted by molar-refractivity contribution is 5.90. The van der Waals surface area contributed by atoms with Crippen LogP contribution in [0.1, 0.15) is 27.7 Å². The van der Waals surface area contributed by atoms with Crippen LogP contribution in [0.15, 0.2) is 35.6 Å². The fourth-order valence-corrected chi connectivity index (χ4v) is 0.817. The fourth-order valence-electron chi connectivity index (χ4n) is 0.817. The van der Waals surface area contributed by atoms with Crippen molar-refractivity contribution in [3.05, 3.63) is 45.7 Å². The highest BCUT2D eigenvalue weighted by Gasteiger charge is 2.21. The number of nitrogens with zero attached hydrogens (tertiary/aromatic N) is 1. The van der Waals surface area contributed by atoms with E-state index in [-0.39, 0.29) is 5.57 Å². The number of allylic oxidation sites excluding steroid dienone is 4. The van der Waals surface area contributed by atoms with Crippen molar-refractivity contribution in [3.8, 4) is 0 Å². The molecule has 0 aromatic rings. The van der Waals surface area contributed by atoms with Crippen molar-refractivity contribution in [2.24, 2.45) is 0 Å². The lowest BCUT2D eigenvalue weighted by Crippen LogP contribution is -2.10. The third-order valence-corrected chi connectivity index (χ3v) is 1.44. The van der Waals surface area contributed by atoms with Crippen LogP contribution >= 0.6 is 0 Å². The average molecular weight is 227 g/mol. The summed E-state index contributed by atoms with van der Waals surface area (Å²) in [7, 11) is 0. The Bertz CT molecular complexity index is 327. The topological polar surface area (TPSA) is 80.4 Å². The molecule has 5 nitrogen and oxygen atoms in total. The van der Waals surface area contributed by atoms with Crippen molar-refractivity contribution in [3.63, 3.8) is 0 Å². The molecular formula is C11H17NO4. The van der Waals surface area contributed by atoms with Gasteiger partial charge in [-0.2, -0.15) is 0 Å². The molecule has 0 radical (unpaired) electrons. The van der Waals surface area contributed by atoms with Crippen molar-refractivity contribution in [1.29, 1.82) is 0 Å². The van der Waals surface area contributed by atoms with E-state index in [2.05, 4.69) is 0 Å². The molecule has 0 atom stereocenters. The quantitative estimate of drug-likeness (QED) is 0.346. The van der Waals surface area contributed by atoms with Gasteiger partial charge in [0, 0.05) is 6.08 Å². The number of nitro groups is 1. The number of hydrogen-bond acceptors (Lipinski definition) is 3. The lowest BCUT2D eigenvalue weighted by molar-refractivity contribution is -0.420. The standard InChI is InChI=1S/C9H11NO4.C2H6/c1-3-5-6-8(10(13)14)7(4-2)9(11)12;1-2/h3-6H,1-2H3,(H,11,12);1-2H3/b5-3-,7-4+,8-6+;. The van der Waals surface area contributed by atoms with E-state index in [0.29, 0.717) is 0 Å². The van der Waals surface area contributed by atoms with Crippen LogP contribution in [0.25, 0.3) is 0 Å². The molecule has 0 rings (SSSR count). The zero-order chi connectivity index (χ0) is 13.1. The summed E-state index contributed by atoms with van der Waals surface area (Å²) in [5, 5.41) is 19.2. The molecule has 0 aliphatic rings. The number of carbonyl (C=O) groups is 1. The molecule has 0 saturated carbocycles.